The van der Waals surface area contributed by atoms with Gasteiger partial charge >= 0.3 is 0 Å². The Kier molecular flexibility index (Phi) is 6.97. The van der Waals surface area contributed by atoms with E-state index >= 15 is 0 Å². The number of allylic oxidation sites excluding steroid dienone is 4. The zero-order valence-corrected chi connectivity index (χ0v) is 18.4. The van der Waals surface area contributed by atoms with Crippen LogP contribution in [0.2, 0.25) is 0 Å². The number of hydrogen-bond donors (Lipinski definition) is 2. The van der Waals surface area contributed by atoms with Crippen molar-refractivity contribution in [3.8, 4) is 12.3 Å². The number of terminal acetylenes is 1. The van der Waals surface area contributed by atoms with Gasteiger partial charge in [-0.25, -0.2) is 28.1 Å². The van der Waals surface area contributed by atoms with E-state index in [0.29, 0.717) is 46.3 Å². The first-order chi connectivity index (χ1) is 14.3. The van der Waals surface area contributed by atoms with Gasteiger partial charge in [0.1, 0.15) is 6.33 Å². The van der Waals surface area contributed by atoms with Gasteiger partial charge in [-0.05, 0) is 31.8 Å². The van der Waals surface area contributed by atoms with Gasteiger partial charge in [0.2, 0.25) is 10.0 Å². The molecule has 2 aromatic rings. The summed E-state index contributed by atoms with van der Waals surface area (Å²) in [7, 11) is -3.24. The largest absolute Gasteiger partial charge is 0.382 e. The van der Waals surface area contributed by atoms with Gasteiger partial charge in [-0.2, -0.15) is 0 Å². The van der Waals surface area contributed by atoms with Gasteiger partial charge < -0.3 is 10.3 Å². The number of rotatable bonds is 9. The van der Waals surface area contributed by atoms with Gasteiger partial charge in [0.15, 0.2) is 22.1 Å². The van der Waals surface area contributed by atoms with E-state index in [-0.39, 0.29) is 5.82 Å². The Morgan fingerprint density at radius 3 is 2.97 bits per heavy atom. The monoisotopic (exact) mass is 444 g/mol. The number of anilines is 1. The van der Waals surface area contributed by atoms with E-state index in [4.69, 9.17) is 12.2 Å². The summed E-state index contributed by atoms with van der Waals surface area (Å²) >= 11 is 1.34. The van der Waals surface area contributed by atoms with Crippen LogP contribution in [0.3, 0.4) is 0 Å². The first kappa shape index (κ1) is 22.1. The molecule has 3 rings (SSSR count). The summed E-state index contributed by atoms with van der Waals surface area (Å²) in [6, 6.07) is 0. The van der Waals surface area contributed by atoms with Crippen LogP contribution in [-0.4, -0.2) is 40.7 Å². The minimum absolute atomic E-state index is 0.282. The summed E-state index contributed by atoms with van der Waals surface area (Å²) in [5.74, 6) is 3.00. The molecule has 2 aromatic heterocycles. The Morgan fingerprint density at radius 1 is 1.50 bits per heavy atom. The van der Waals surface area contributed by atoms with Gasteiger partial charge in [-0.1, -0.05) is 35.9 Å². The highest BCUT2D eigenvalue weighted by atomic mass is 32.2. The Morgan fingerprint density at radius 2 is 2.30 bits per heavy atom. The molecule has 158 valence electrons. The number of nitrogens with one attached hydrogen (secondary N) is 1. The van der Waals surface area contributed by atoms with E-state index in [2.05, 4.69) is 38.2 Å². The van der Waals surface area contributed by atoms with Gasteiger partial charge in [0.05, 0.1) is 6.26 Å². The van der Waals surface area contributed by atoms with E-state index in [0.717, 1.165) is 25.5 Å². The summed E-state index contributed by atoms with van der Waals surface area (Å²) in [6.45, 7) is 4.93. The summed E-state index contributed by atoms with van der Waals surface area (Å²) in [4.78, 5) is 13.6. The smallest absolute Gasteiger partial charge is 0.208 e. The van der Waals surface area contributed by atoms with Crippen molar-refractivity contribution in [2.75, 3.05) is 18.5 Å². The Hall–Kier alpha value is -2.61. The maximum Gasteiger partial charge on any atom is 0.208 e. The number of aryl methyl sites for hydroxylation is 1. The number of aromatic nitrogens is 4. The van der Waals surface area contributed by atoms with Crippen molar-refractivity contribution < 1.29 is 8.42 Å². The van der Waals surface area contributed by atoms with Crippen molar-refractivity contribution in [2.45, 2.75) is 37.4 Å². The number of hydrogen-bond acceptors (Lipinski definition) is 7. The molecule has 2 heterocycles. The maximum absolute atomic E-state index is 11.3. The second-order valence-electron chi connectivity index (χ2n) is 6.90. The summed E-state index contributed by atoms with van der Waals surface area (Å²) in [5.41, 5.74) is 8.99. The molecule has 0 fully saturated rings. The molecule has 0 atom stereocenters. The van der Waals surface area contributed by atoms with Crippen LogP contribution in [0.1, 0.15) is 25.7 Å². The van der Waals surface area contributed by atoms with E-state index in [1.165, 1.54) is 23.7 Å². The van der Waals surface area contributed by atoms with Crippen LogP contribution >= 0.6 is 11.8 Å². The van der Waals surface area contributed by atoms with Crippen LogP contribution in [0.5, 0.6) is 0 Å². The van der Waals surface area contributed by atoms with Crippen LogP contribution in [0.4, 0.5) is 5.82 Å². The zero-order chi connectivity index (χ0) is 21.7. The fourth-order valence-electron chi connectivity index (χ4n) is 3.09. The Balaban J connectivity index is 1.85. The lowest BCUT2D eigenvalue weighted by molar-refractivity contribution is 0.568. The fourth-order valence-corrected chi connectivity index (χ4v) is 4.48. The van der Waals surface area contributed by atoms with Crippen molar-refractivity contribution in [1.29, 1.82) is 0 Å². The van der Waals surface area contributed by atoms with Crippen molar-refractivity contribution in [2.24, 2.45) is 0 Å². The quantitative estimate of drug-likeness (QED) is 0.264. The topological polar surface area (TPSA) is 116 Å². The average molecular weight is 445 g/mol. The predicted octanol–water partition coefficient (Wildman–Crippen LogP) is 2.62. The molecule has 0 saturated heterocycles. The van der Waals surface area contributed by atoms with E-state index in [9.17, 15) is 8.42 Å². The molecule has 0 amide bonds. The molecular formula is C20H24N6O2S2. The number of nitrogens with zero attached hydrogens (tertiary/aromatic N) is 4. The first-order valence-corrected chi connectivity index (χ1v) is 12.1. The number of nitrogen functional groups attached to an aromatic ring is 1. The first-order valence-electron chi connectivity index (χ1n) is 9.44. The van der Waals surface area contributed by atoms with Crippen molar-refractivity contribution in [1.82, 2.24) is 24.2 Å². The standard InChI is InChI=1S/C20H24N6O2S2/c1-4-16(12-15-8-5-6-9-15)14(2)29-20-25-17-18(21)22-13-23-19(17)26(20)11-7-10-24-30(3,27)28/h1,8,12-13,24H,2,5-7,9-11H2,3H3,(H2,21,22,23)/b16-12-. The third-order valence-electron chi connectivity index (χ3n) is 4.52. The van der Waals surface area contributed by atoms with Gasteiger partial charge in [0, 0.05) is 23.6 Å². The summed E-state index contributed by atoms with van der Waals surface area (Å²) in [6.07, 6.45) is 16.2. The third-order valence-corrected chi connectivity index (χ3v) is 6.21. The Labute approximate surface area is 180 Å². The number of sulfonamides is 1. The molecule has 0 radical (unpaired) electrons. The Bertz CT molecular complexity index is 1170. The number of nitrogens with two attached hydrogens (primary N) is 1. The summed E-state index contributed by atoms with van der Waals surface area (Å²) in [5, 5.41) is 0.628. The number of fused-ring (bicyclic) bond motifs is 1. The summed E-state index contributed by atoms with van der Waals surface area (Å²) < 4.78 is 27.0. The third kappa shape index (κ3) is 5.50. The van der Waals surface area contributed by atoms with Gasteiger partial charge in [0.25, 0.3) is 0 Å². The van der Waals surface area contributed by atoms with Crippen LogP contribution < -0.4 is 10.5 Å². The van der Waals surface area contributed by atoms with Crippen molar-refractivity contribution in [3.63, 3.8) is 0 Å². The lowest BCUT2D eigenvalue weighted by Crippen LogP contribution is -2.24. The molecule has 3 N–H and O–H groups in total. The molecule has 0 bridgehead atoms. The zero-order valence-electron chi connectivity index (χ0n) is 16.8. The highest BCUT2D eigenvalue weighted by Crippen LogP contribution is 2.34. The fraction of sp³-hybridized carbons (Fsp3) is 0.350. The van der Waals surface area contributed by atoms with Crippen molar-refractivity contribution in [3.05, 3.63) is 41.1 Å². The van der Waals surface area contributed by atoms with Crippen molar-refractivity contribution >= 4 is 38.8 Å². The number of thioether (sulfide) groups is 1. The molecule has 1 aliphatic carbocycles. The van der Waals surface area contributed by atoms with Crippen LogP contribution in [0.25, 0.3) is 11.2 Å². The second kappa shape index (κ2) is 9.47. The van der Waals surface area contributed by atoms with Crippen LogP contribution in [0.15, 0.2) is 46.3 Å². The molecule has 30 heavy (non-hydrogen) atoms. The minimum Gasteiger partial charge on any atom is -0.382 e. The molecule has 8 nitrogen and oxygen atoms in total. The molecule has 10 heteroatoms. The highest BCUT2D eigenvalue weighted by Gasteiger charge is 2.17. The van der Waals surface area contributed by atoms with Crippen LogP contribution in [0, 0.1) is 12.3 Å². The molecular weight excluding hydrogens is 420 g/mol. The number of imidazole rings is 1. The molecule has 0 saturated carbocycles. The normalized spacial score (nSPS) is 14.7. The van der Waals surface area contributed by atoms with Gasteiger partial charge in [-0.3, -0.25) is 0 Å². The molecule has 1 aliphatic rings. The van der Waals surface area contributed by atoms with E-state index < -0.39 is 10.0 Å². The molecule has 0 unspecified atom stereocenters. The maximum atomic E-state index is 11.3. The van der Waals surface area contributed by atoms with Gasteiger partial charge in [-0.15, -0.1) is 6.42 Å². The molecule has 0 aromatic carbocycles. The minimum atomic E-state index is -3.24. The molecule has 0 aliphatic heterocycles. The predicted molar refractivity (Wildman–Crippen MR) is 121 cm³/mol. The second-order valence-corrected chi connectivity index (χ2v) is 9.79. The van der Waals surface area contributed by atoms with E-state index in [1.807, 2.05) is 10.6 Å². The molecule has 0 spiro atoms. The lowest BCUT2D eigenvalue weighted by Gasteiger charge is -2.10. The average Bonchev–Trinajstić information content (AvgIpc) is 3.31. The highest BCUT2D eigenvalue weighted by molar-refractivity contribution is 8.03. The lowest BCUT2D eigenvalue weighted by atomic mass is 10.1. The van der Waals surface area contributed by atoms with Crippen LogP contribution in [-0.2, 0) is 16.6 Å². The SMILES string of the molecule is C#C/C(=C/C1=CCCC1)C(=C)Sc1nc2c(N)ncnc2n1CCCNS(C)(=O)=O. The van der Waals surface area contributed by atoms with E-state index in [1.54, 1.807) is 0 Å².